The summed E-state index contributed by atoms with van der Waals surface area (Å²) in [5, 5.41) is 18.0. The van der Waals surface area contributed by atoms with Gasteiger partial charge in [-0.1, -0.05) is 11.6 Å². The van der Waals surface area contributed by atoms with Crippen molar-refractivity contribution in [1.29, 1.82) is 0 Å². The van der Waals surface area contributed by atoms with Gasteiger partial charge in [-0.25, -0.2) is 4.98 Å². The van der Waals surface area contributed by atoms with E-state index < -0.39 is 5.60 Å². The molecule has 1 unspecified atom stereocenters. The first-order valence-corrected chi connectivity index (χ1v) is 9.68. The van der Waals surface area contributed by atoms with Gasteiger partial charge in [0.15, 0.2) is 5.96 Å². The number of ether oxygens (including phenoxy) is 1. The standard InChI is InChI=1S/C18H28ClN5O2.HI/c1-2-20-17(22-13-18(25)6-10-26-11-7-18)23-14-5-9-24(12-14)16-15(19)4-3-8-21-16;/h3-4,8,14,25H,2,5-7,9-13H2,1H3,(H2,20,22,23);1H. The number of pyridine rings is 1. The molecule has 27 heavy (non-hydrogen) atoms. The highest BCUT2D eigenvalue weighted by Crippen LogP contribution is 2.26. The molecule has 1 aromatic heterocycles. The van der Waals surface area contributed by atoms with Crippen LogP contribution in [0.2, 0.25) is 5.02 Å². The molecular weight excluding hydrogens is 481 g/mol. The Labute approximate surface area is 182 Å². The maximum absolute atomic E-state index is 10.6. The largest absolute Gasteiger partial charge is 0.388 e. The molecule has 152 valence electrons. The summed E-state index contributed by atoms with van der Waals surface area (Å²) in [6.45, 7) is 6.10. The van der Waals surface area contributed by atoms with Gasteiger partial charge in [-0.05, 0) is 25.5 Å². The van der Waals surface area contributed by atoms with Crippen molar-refractivity contribution in [3.05, 3.63) is 23.4 Å². The fraction of sp³-hybridized carbons (Fsp3) is 0.667. The van der Waals surface area contributed by atoms with Gasteiger partial charge in [0.25, 0.3) is 0 Å². The van der Waals surface area contributed by atoms with Gasteiger partial charge in [0.05, 0.1) is 17.2 Å². The second-order valence-electron chi connectivity index (χ2n) is 6.92. The summed E-state index contributed by atoms with van der Waals surface area (Å²) in [5.41, 5.74) is -0.760. The van der Waals surface area contributed by atoms with E-state index in [9.17, 15) is 5.11 Å². The van der Waals surface area contributed by atoms with E-state index in [1.165, 1.54) is 0 Å². The molecule has 2 aliphatic heterocycles. The van der Waals surface area contributed by atoms with Crippen LogP contribution in [0.5, 0.6) is 0 Å². The summed E-state index contributed by atoms with van der Waals surface area (Å²) in [5.74, 6) is 1.57. The Morgan fingerprint density at radius 1 is 1.48 bits per heavy atom. The highest BCUT2D eigenvalue weighted by Gasteiger charge is 2.30. The molecule has 3 heterocycles. The normalized spacial score (nSPS) is 22.3. The Morgan fingerprint density at radius 3 is 2.96 bits per heavy atom. The molecule has 3 N–H and O–H groups in total. The van der Waals surface area contributed by atoms with Gasteiger partial charge in [-0.15, -0.1) is 24.0 Å². The first kappa shape index (κ1) is 22.4. The average Bonchev–Trinajstić information content (AvgIpc) is 3.09. The number of aliphatic hydroxyl groups is 1. The molecule has 2 saturated heterocycles. The smallest absolute Gasteiger partial charge is 0.191 e. The van der Waals surface area contributed by atoms with Crippen molar-refractivity contribution in [2.24, 2.45) is 4.99 Å². The van der Waals surface area contributed by atoms with Crippen LogP contribution in [0.1, 0.15) is 26.2 Å². The molecule has 7 nitrogen and oxygen atoms in total. The van der Waals surface area contributed by atoms with Gasteiger partial charge >= 0.3 is 0 Å². The number of guanidine groups is 1. The molecule has 2 aliphatic rings. The quantitative estimate of drug-likeness (QED) is 0.320. The number of nitrogens with zero attached hydrogens (tertiary/aromatic N) is 3. The van der Waals surface area contributed by atoms with Gasteiger partial charge in [0, 0.05) is 57.9 Å². The summed E-state index contributed by atoms with van der Waals surface area (Å²) in [4.78, 5) is 11.2. The topological polar surface area (TPSA) is 82.0 Å². The maximum Gasteiger partial charge on any atom is 0.191 e. The molecule has 9 heteroatoms. The summed E-state index contributed by atoms with van der Waals surface area (Å²) in [6, 6.07) is 3.97. The monoisotopic (exact) mass is 509 g/mol. The van der Waals surface area contributed by atoms with Crippen LogP contribution in [-0.2, 0) is 4.74 Å². The zero-order chi connectivity index (χ0) is 18.4. The van der Waals surface area contributed by atoms with E-state index in [4.69, 9.17) is 16.3 Å². The molecule has 0 radical (unpaired) electrons. The van der Waals surface area contributed by atoms with Crippen LogP contribution in [0.15, 0.2) is 23.3 Å². The van der Waals surface area contributed by atoms with Gasteiger partial charge in [-0.3, -0.25) is 4.99 Å². The molecule has 0 saturated carbocycles. The number of anilines is 1. The number of nitrogens with one attached hydrogen (secondary N) is 2. The Kier molecular flexibility index (Phi) is 8.84. The number of hydrogen-bond donors (Lipinski definition) is 3. The molecule has 0 aliphatic carbocycles. The van der Waals surface area contributed by atoms with E-state index >= 15 is 0 Å². The van der Waals surface area contributed by atoms with E-state index in [-0.39, 0.29) is 30.0 Å². The van der Waals surface area contributed by atoms with Gasteiger partial charge in [-0.2, -0.15) is 0 Å². The average molecular weight is 510 g/mol. The number of halogens is 2. The van der Waals surface area contributed by atoms with Crippen LogP contribution in [-0.4, -0.2) is 67.1 Å². The van der Waals surface area contributed by atoms with E-state index in [2.05, 4.69) is 25.5 Å². The third-order valence-corrected chi connectivity index (χ3v) is 5.16. The van der Waals surface area contributed by atoms with Crippen LogP contribution in [0.3, 0.4) is 0 Å². The van der Waals surface area contributed by atoms with Gasteiger partial charge < -0.3 is 25.4 Å². The lowest BCUT2D eigenvalue weighted by atomic mass is 9.95. The van der Waals surface area contributed by atoms with Crippen molar-refractivity contribution in [2.45, 2.75) is 37.8 Å². The highest BCUT2D eigenvalue weighted by atomic mass is 127. The second-order valence-corrected chi connectivity index (χ2v) is 7.32. The van der Waals surface area contributed by atoms with Crippen molar-refractivity contribution in [3.8, 4) is 0 Å². The van der Waals surface area contributed by atoms with Gasteiger partial charge in [0.2, 0.25) is 0 Å². The van der Waals surface area contributed by atoms with Crippen LogP contribution in [0.25, 0.3) is 0 Å². The molecule has 2 fully saturated rings. The van der Waals surface area contributed by atoms with E-state index in [1.807, 2.05) is 19.1 Å². The Bertz CT molecular complexity index is 628. The molecular formula is C18H29ClIN5O2. The Morgan fingerprint density at radius 2 is 2.26 bits per heavy atom. The van der Waals surface area contributed by atoms with Crippen molar-refractivity contribution >= 4 is 47.4 Å². The first-order chi connectivity index (χ1) is 12.6. The minimum atomic E-state index is -0.760. The molecule has 0 amide bonds. The zero-order valence-electron chi connectivity index (χ0n) is 15.7. The summed E-state index contributed by atoms with van der Waals surface area (Å²) >= 11 is 6.26. The number of rotatable bonds is 5. The third kappa shape index (κ3) is 6.33. The first-order valence-electron chi connectivity index (χ1n) is 9.30. The van der Waals surface area contributed by atoms with Crippen LogP contribution in [0.4, 0.5) is 5.82 Å². The van der Waals surface area contributed by atoms with Crippen LogP contribution < -0.4 is 15.5 Å². The van der Waals surface area contributed by atoms with Gasteiger partial charge in [0.1, 0.15) is 5.82 Å². The van der Waals surface area contributed by atoms with Crippen molar-refractivity contribution < 1.29 is 9.84 Å². The minimum absolute atomic E-state index is 0. The van der Waals surface area contributed by atoms with Crippen LogP contribution in [0, 0.1) is 0 Å². The molecule has 0 spiro atoms. The fourth-order valence-corrected chi connectivity index (χ4v) is 3.57. The summed E-state index contributed by atoms with van der Waals surface area (Å²) < 4.78 is 5.33. The van der Waals surface area contributed by atoms with Crippen molar-refractivity contribution in [2.75, 3.05) is 44.3 Å². The SMILES string of the molecule is CCNC(=NCC1(O)CCOCC1)NC1CCN(c2ncccc2Cl)C1.I. The van der Waals surface area contributed by atoms with E-state index in [1.54, 1.807) is 6.20 Å². The predicted octanol–water partition coefficient (Wildman–Crippen LogP) is 2.03. The van der Waals surface area contributed by atoms with E-state index in [0.29, 0.717) is 37.6 Å². The molecule has 3 rings (SSSR count). The van der Waals surface area contributed by atoms with Crippen molar-refractivity contribution in [1.82, 2.24) is 15.6 Å². The molecule has 0 bridgehead atoms. The lowest BCUT2D eigenvalue weighted by Gasteiger charge is -2.30. The summed E-state index contributed by atoms with van der Waals surface area (Å²) in [6.07, 6.45) is 4.01. The van der Waals surface area contributed by atoms with Crippen LogP contribution >= 0.6 is 35.6 Å². The zero-order valence-corrected chi connectivity index (χ0v) is 18.7. The molecule has 1 atom stereocenters. The maximum atomic E-state index is 10.6. The Hall–Kier alpha value is -0.840. The lowest BCUT2D eigenvalue weighted by molar-refractivity contribution is -0.0566. The third-order valence-electron chi connectivity index (χ3n) is 4.87. The minimum Gasteiger partial charge on any atom is -0.388 e. The summed E-state index contributed by atoms with van der Waals surface area (Å²) in [7, 11) is 0. The number of hydrogen-bond acceptors (Lipinski definition) is 5. The van der Waals surface area contributed by atoms with Crippen molar-refractivity contribution in [3.63, 3.8) is 0 Å². The second kappa shape index (κ2) is 10.6. The fourth-order valence-electron chi connectivity index (χ4n) is 3.33. The highest BCUT2D eigenvalue weighted by molar-refractivity contribution is 14.0. The molecule has 1 aromatic rings. The predicted molar refractivity (Wildman–Crippen MR) is 119 cm³/mol. The number of aromatic nitrogens is 1. The number of aliphatic imine (C=N–C) groups is 1. The lowest BCUT2D eigenvalue weighted by Crippen LogP contribution is -2.46. The molecule has 0 aromatic carbocycles. The Balaban J connectivity index is 0.00000261. The van der Waals surface area contributed by atoms with E-state index in [0.717, 1.165) is 37.8 Å².